The number of benzene rings is 2. The van der Waals surface area contributed by atoms with E-state index in [1.54, 1.807) is 18.9 Å². The van der Waals surface area contributed by atoms with Gasteiger partial charge in [-0.2, -0.15) is 0 Å². The SMILES string of the molecule is COc1ccc2c(c1)N(C)C(=C1SC(=NCc3ccccc3)N(C3CCCCC3)C1=O)S2. The van der Waals surface area contributed by atoms with Gasteiger partial charge in [-0.3, -0.25) is 14.7 Å². The van der Waals surface area contributed by atoms with E-state index in [0.29, 0.717) is 6.54 Å². The molecule has 1 amide bonds. The topological polar surface area (TPSA) is 45.1 Å². The molecule has 2 aliphatic heterocycles. The normalized spacial score (nSPS) is 22.7. The molecule has 0 radical (unpaired) electrons. The Balaban J connectivity index is 1.49. The molecule has 2 heterocycles. The number of amides is 1. The quantitative estimate of drug-likeness (QED) is 0.529. The highest BCUT2D eigenvalue weighted by molar-refractivity contribution is 8.19. The molecule has 7 heteroatoms. The molecule has 1 saturated carbocycles. The summed E-state index contributed by atoms with van der Waals surface area (Å²) in [6.45, 7) is 0.586. The van der Waals surface area contributed by atoms with Crippen molar-refractivity contribution in [2.75, 3.05) is 19.1 Å². The lowest BCUT2D eigenvalue weighted by atomic mass is 9.94. The Hall–Kier alpha value is -2.38. The molecule has 32 heavy (non-hydrogen) atoms. The Bertz CT molecular complexity index is 1080. The van der Waals surface area contributed by atoms with Crippen molar-refractivity contribution < 1.29 is 9.53 Å². The summed E-state index contributed by atoms with van der Waals surface area (Å²) < 4.78 is 5.41. The Labute approximate surface area is 197 Å². The van der Waals surface area contributed by atoms with E-state index in [-0.39, 0.29) is 11.9 Å². The van der Waals surface area contributed by atoms with Crippen LogP contribution in [0.2, 0.25) is 0 Å². The van der Waals surface area contributed by atoms with Crippen molar-refractivity contribution in [2.45, 2.75) is 49.6 Å². The first kappa shape index (κ1) is 21.5. The molecule has 2 aromatic rings. The summed E-state index contributed by atoms with van der Waals surface area (Å²) >= 11 is 3.19. The van der Waals surface area contributed by atoms with E-state index in [2.05, 4.69) is 23.1 Å². The first-order valence-electron chi connectivity index (χ1n) is 11.1. The van der Waals surface area contributed by atoms with Gasteiger partial charge in [0, 0.05) is 24.1 Å². The first-order chi connectivity index (χ1) is 15.7. The molecular formula is C25H27N3O2S2. The number of amidine groups is 1. The van der Waals surface area contributed by atoms with Gasteiger partial charge >= 0.3 is 0 Å². The van der Waals surface area contributed by atoms with Crippen LogP contribution in [-0.2, 0) is 11.3 Å². The van der Waals surface area contributed by atoms with Crippen molar-refractivity contribution in [3.8, 4) is 5.75 Å². The second-order valence-corrected chi connectivity index (χ2v) is 10.3. The Morgan fingerprint density at radius 1 is 1.06 bits per heavy atom. The zero-order chi connectivity index (χ0) is 22.1. The molecule has 0 N–H and O–H groups in total. The van der Waals surface area contributed by atoms with Crippen LogP contribution < -0.4 is 9.64 Å². The number of aliphatic imine (C=N–C) groups is 1. The molecule has 1 aliphatic carbocycles. The number of carbonyl (C=O) groups is 1. The summed E-state index contributed by atoms with van der Waals surface area (Å²) in [6, 6.07) is 16.6. The minimum Gasteiger partial charge on any atom is -0.497 e. The third-order valence-electron chi connectivity index (χ3n) is 6.23. The summed E-state index contributed by atoms with van der Waals surface area (Å²) in [4.78, 5) is 24.7. The van der Waals surface area contributed by atoms with Crippen LogP contribution in [0.15, 0.2) is 68.4 Å². The standard InChI is InChI=1S/C25H27N3O2S2/c1-27-20-15-19(30-2)13-14-21(20)31-24(27)22-23(29)28(18-11-7-4-8-12-18)25(32-22)26-16-17-9-5-3-6-10-17/h3,5-6,9-10,13-15,18H,4,7-8,11-12,16H2,1-2H3. The van der Waals surface area contributed by atoms with Gasteiger partial charge in [0.05, 0.1) is 24.4 Å². The average Bonchev–Trinajstić information content (AvgIpc) is 3.34. The predicted octanol–water partition coefficient (Wildman–Crippen LogP) is 5.87. The molecule has 0 aromatic heterocycles. The molecule has 5 rings (SSSR count). The monoisotopic (exact) mass is 465 g/mol. The number of nitrogens with zero attached hydrogens (tertiary/aromatic N) is 3. The molecule has 0 unspecified atom stereocenters. The summed E-state index contributed by atoms with van der Waals surface area (Å²) in [7, 11) is 3.70. The fourth-order valence-electron chi connectivity index (χ4n) is 4.48. The second kappa shape index (κ2) is 9.24. The Morgan fingerprint density at radius 3 is 2.59 bits per heavy atom. The van der Waals surface area contributed by atoms with Crippen molar-refractivity contribution >= 4 is 40.3 Å². The van der Waals surface area contributed by atoms with Crippen LogP contribution in [-0.4, -0.2) is 36.2 Å². The van der Waals surface area contributed by atoms with Gasteiger partial charge in [-0.25, -0.2) is 0 Å². The zero-order valence-corrected chi connectivity index (χ0v) is 20.0. The molecule has 1 saturated heterocycles. The van der Waals surface area contributed by atoms with E-state index in [4.69, 9.17) is 9.73 Å². The third-order valence-corrected chi connectivity index (χ3v) is 8.67. The van der Waals surface area contributed by atoms with Crippen LogP contribution in [0.25, 0.3) is 0 Å². The second-order valence-electron chi connectivity index (χ2n) is 8.28. The largest absolute Gasteiger partial charge is 0.497 e. The van der Waals surface area contributed by atoms with Gasteiger partial charge in [-0.1, -0.05) is 61.4 Å². The molecule has 2 fully saturated rings. The lowest BCUT2D eigenvalue weighted by Gasteiger charge is -2.30. The number of thioether (sulfide) groups is 2. The van der Waals surface area contributed by atoms with Gasteiger partial charge in [0.15, 0.2) is 5.17 Å². The maximum Gasteiger partial charge on any atom is 0.269 e. The van der Waals surface area contributed by atoms with E-state index in [0.717, 1.165) is 49.8 Å². The molecule has 3 aliphatic rings. The number of anilines is 1. The van der Waals surface area contributed by atoms with Crippen LogP contribution in [0.4, 0.5) is 5.69 Å². The highest BCUT2D eigenvalue weighted by Crippen LogP contribution is 2.51. The number of methoxy groups -OCH3 is 1. The number of hydrogen-bond donors (Lipinski definition) is 0. The third kappa shape index (κ3) is 4.04. The van der Waals surface area contributed by atoms with Crippen molar-refractivity contribution in [3.05, 3.63) is 64.0 Å². The zero-order valence-electron chi connectivity index (χ0n) is 18.4. The van der Waals surface area contributed by atoms with Crippen molar-refractivity contribution in [3.63, 3.8) is 0 Å². The van der Waals surface area contributed by atoms with Gasteiger partial charge in [0.1, 0.15) is 10.7 Å². The molecule has 0 bridgehead atoms. The van der Waals surface area contributed by atoms with Gasteiger partial charge in [0.2, 0.25) is 0 Å². The maximum atomic E-state index is 13.7. The number of carbonyl (C=O) groups excluding carboxylic acids is 1. The number of hydrogen-bond acceptors (Lipinski definition) is 6. The number of fused-ring (bicyclic) bond motifs is 1. The van der Waals surface area contributed by atoms with Gasteiger partial charge in [0.25, 0.3) is 5.91 Å². The summed E-state index contributed by atoms with van der Waals surface area (Å²) in [5, 5.41) is 1.82. The molecule has 166 valence electrons. The summed E-state index contributed by atoms with van der Waals surface area (Å²) in [5.74, 6) is 0.921. The predicted molar refractivity (Wildman–Crippen MR) is 133 cm³/mol. The van der Waals surface area contributed by atoms with Crippen LogP contribution in [0.1, 0.15) is 37.7 Å². The van der Waals surface area contributed by atoms with Crippen LogP contribution in [0, 0.1) is 0 Å². The fraction of sp³-hybridized carbons (Fsp3) is 0.360. The van der Waals surface area contributed by atoms with E-state index in [1.165, 1.54) is 31.0 Å². The van der Waals surface area contributed by atoms with E-state index in [1.807, 2.05) is 42.3 Å². The van der Waals surface area contributed by atoms with E-state index < -0.39 is 0 Å². The summed E-state index contributed by atoms with van der Waals surface area (Å²) in [5.41, 5.74) is 2.23. The van der Waals surface area contributed by atoms with Crippen molar-refractivity contribution in [2.24, 2.45) is 4.99 Å². The summed E-state index contributed by atoms with van der Waals surface area (Å²) in [6.07, 6.45) is 5.72. The van der Waals surface area contributed by atoms with Gasteiger partial charge < -0.3 is 9.64 Å². The number of ether oxygens (including phenoxy) is 1. The molecular weight excluding hydrogens is 438 g/mol. The highest BCUT2D eigenvalue weighted by Gasteiger charge is 2.42. The molecule has 0 atom stereocenters. The lowest BCUT2D eigenvalue weighted by molar-refractivity contribution is -0.124. The minimum atomic E-state index is 0.0998. The smallest absolute Gasteiger partial charge is 0.269 e. The Kier molecular flexibility index (Phi) is 6.20. The minimum absolute atomic E-state index is 0.0998. The fourth-order valence-corrected chi connectivity index (χ4v) is 6.84. The van der Waals surface area contributed by atoms with Crippen molar-refractivity contribution in [1.29, 1.82) is 0 Å². The van der Waals surface area contributed by atoms with E-state index >= 15 is 0 Å². The molecule has 5 nitrogen and oxygen atoms in total. The van der Waals surface area contributed by atoms with Crippen LogP contribution in [0.3, 0.4) is 0 Å². The van der Waals surface area contributed by atoms with Gasteiger partial charge in [-0.05, 0) is 42.3 Å². The lowest BCUT2D eigenvalue weighted by Crippen LogP contribution is -2.40. The van der Waals surface area contributed by atoms with Crippen molar-refractivity contribution in [1.82, 2.24) is 4.90 Å². The van der Waals surface area contributed by atoms with Crippen LogP contribution in [0.5, 0.6) is 5.75 Å². The van der Waals surface area contributed by atoms with Gasteiger partial charge in [-0.15, -0.1) is 0 Å². The first-order valence-corrected chi connectivity index (χ1v) is 12.7. The van der Waals surface area contributed by atoms with E-state index in [9.17, 15) is 4.79 Å². The molecule has 2 aromatic carbocycles. The van der Waals surface area contributed by atoms with Crippen LogP contribution >= 0.6 is 23.5 Å². The average molecular weight is 466 g/mol. The Morgan fingerprint density at radius 2 is 1.84 bits per heavy atom. The molecule has 0 spiro atoms. The highest BCUT2D eigenvalue weighted by atomic mass is 32.2. The maximum absolute atomic E-state index is 13.7. The number of rotatable bonds is 4.